The van der Waals surface area contributed by atoms with E-state index in [2.05, 4.69) is 10.6 Å². The molecule has 0 saturated heterocycles. The standard InChI is InChI=1S/C29H40ClN3O5/c1-8-16-33(27(36)22(17-18(2)3)31-28(37)38-29(5,6)7)25(20-13-9-10-15-23(20)34)26(35)32-24-19(4)12-11-14-21(24)30/h9-15,18,22,25,34H,8,16-17H2,1-7H3,(H,31,37)(H,32,35). The number of anilines is 1. The third-order valence-corrected chi connectivity index (χ3v) is 6.02. The van der Waals surface area contributed by atoms with Crippen LogP contribution in [0.1, 0.15) is 71.6 Å². The monoisotopic (exact) mass is 545 g/mol. The number of phenols is 1. The Kier molecular flexibility index (Phi) is 11.0. The second-order valence-corrected chi connectivity index (χ2v) is 11.1. The van der Waals surface area contributed by atoms with Gasteiger partial charge in [0.1, 0.15) is 23.4 Å². The number of phenolic OH excluding ortho intramolecular Hbond substituents is 1. The third kappa shape index (κ3) is 8.65. The highest BCUT2D eigenvalue weighted by Crippen LogP contribution is 2.33. The molecule has 38 heavy (non-hydrogen) atoms. The van der Waals surface area contributed by atoms with Crippen LogP contribution in [0, 0.1) is 12.8 Å². The van der Waals surface area contributed by atoms with E-state index in [1.54, 1.807) is 51.1 Å². The van der Waals surface area contributed by atoms with Crippen LogP contribution in [0.2, 0.25) is 5.02 Å². The largest absolute Gasteiger partial charge is 0.508 e. The number of rotatable bonds is 10. The van der Waals surface area contributed by atoms with Crippen molar-refractivity contribution in [2.75, 3.05) is 11.9 Å². The molecule has 8 nitrogen and oxygen atoms in total. The maximum atomic E-state index is 14.1. The molecule has 208 valence electrons. The Morgan fingerprint density at radius 1 is 1.08 bits per heavy atom. The summed E-state index contributed by atoms with van der Waals surface area (Å²) in [5, 5.41) is 16.6. The van der Waals surface area contributed by atoms with Gasteiger partial charge in [-0.15, -0.1) is 0 Å². The van der Waals surface area contributed by atoms with Gasteiger partial charge in [0.15, 0.2) is 0 Å². The molecule has 3 N–H and O–H groups in total. The van der Waals surface area contributed by atoms with Gasteiger partial charge in [0.25, 0.3) is 5.91 Å². The number of nitrogens with one attached hydrogen (secondary N) is 2. The topological polar surface area (TPSA) is 108 Å². The lowest BCUT2D eigenvalue weighted by Crippen LogP contribution is -2.53. The van der Waals surface area contributed by atoms with Crippen LogP contribution in [0.25, 0.3) is 0 Å². The molecule has 3 amide bonds. The van der Waals surface area contributed by atoms with Gasteiger partial charge in [-0.3, -0.25) is 9.59 Å². The molecule has 0 radical (unpaired) electrons. The minimum Gasteiger partial charge on any atom is -0.508 e. The van der Waals surface area contributed by atoms with Crippen LogP contribution >= 0.6 is 11.6 Å². The third-order valence-electron chi connectivity index (χ3n) is 5.71. The van der Waals surface area contributed by atoms with Crippen molar-refractivity contribution in [3.63, 3.8) is 0 Å². The molecule has 0 aromatic heterocycles. The summed E-state index contributed by atoms with van der Waals surface area (Å²) in [6.45, 7) is 13.0. The van der Waals surface area contributed by atoms with Gasteiger partial charge in [-0.05, 0) is 64.2 Å². The van der Waals surface area contributed by atoms with E-state index in [1.807, 2.05) is 33.8 Å². The predicted octanol–water partition coefficient (Wildman–Crippen LogP) is 6.21. The number of amides is 3. The molecule has 0 saturated carbocycles. The number of ether oxygens (including phenoxy) is 1. The fourth-order valence-electron chi connectivity index (χ4n) is 4.10. The van der Waals surface area contributed by atoms with E-state index in [4.69, 9.17) is 16.3 Å². The summed E-state index contributed by atoms with van der Waals surface area (Å²) in [4.78, 5) is 42.0. The molecule has 0 heterocycles. The number of alkyl carbamates (subject to hydrolysis) is 1. The summed E-state index contributed by atoms with van der Waals surface area (Å²) in [6.07, 6.45) is 0.148. The van der Waals surface area contributed by atoms with E-state index < -0.39 is 35.6 Å². The second kappa shape index (κ2) is 13.5. The fourth-order valence-corrected chi connectivity index (χ4v) is 4.37. The minimum atomic E-state index is -1.19. The molecule has 2 aromatic carbocycles. The van der Waals surface area contributed by atoms with Crippen LogP contribution in [-0.4, -0.2) is 46.1 Å². The maximum absolute atomic E-state index is 14.1. The zero-order valence-electron chi connectivity index (χ0n) is 23.3. The van der Waals surface area contributed by atoms with Crippen molar-refractivity contribution < 1.29 is 24.2 Å². The van der Waals surface area contributed by atoms with Crippen molar-refractivity contribution in [3.05, 3.63) is 58.6 Å². The minimum absolute atomic E-state index is 0.0607. The normalized spacial score (nSPS) is 13.0. The van der Waals surface area contributed by atoms with Crippen molar-refractivity contribution in [1.82, 2.24) is 10.2 Å². The summed E-state index contributed by atoms with van der Waals surface area (Å²) in [6, 6.07) is 9.53. The Labute approximate surface area is 230 Å². The van der Waals surface area contributed by atoms with Gasteiger partial charge >= 0.3 is 6.09 Å². The lowest BCUT2D eigenvalue weighted by atomic mass is 9.98. The number of benzene rings is 2. The number of halogens is 1. The number of nitrogens with zero attached hydrogens (tertiary/aromatic N) is 1. The molecule has 0 aliphatic carbocycles. The van der Waals surface area contributed by atoms with Gasteiger partial charge in [-0.25, -0.2) is 4.79 Å². The summed E-state index contributed by atoms with van der Waals surface area (Å²) in [5.74, 6) is -1.06. The molecule has 2 unspecified atom stereocenters. The van der Waals surface area contributed by atoms with Gasteiger partial charge in [0.2, 0.25) is 5.91 Å². The molecule has 0 spiro atoms. The molecule has 0 fully saturated rings. The van der Waals surface area contributed by atoms with Crippen molar-refractivity contribution in [2.45, 2.75) is 79.0 Å². The zero-order valence-corrected chi connectivity index (χ0v) is 24.1. The molecule has 2 rings (SSSR count). The van der Waals surface area contributed by atoms with Crippen LogP contribution in [0.4, 0.5) is 10.5 Å². The SMILES string of the molecule is CCCN(C(=O)C(CC(C)C)NC(=O)OC(C)(C)C)C(C(=O)Nc1c(C)cccc1Cl)c1ccccc1O. The van der Waals surface area contributed by atoms with Crippen LogP contribution in [0.3, 0.4) is 0 Å². The van der Waals surface area contributed by atoms with E-state index in [1.165, 1.54) is 11.0 Å². The summed E-state index contributed by atoms with van der Waals surface area (Å²) in [7, 11) is 0. The Morgan fingerprint density at radius 2 is 1.74 bits per heavy atom. The van der Waals surface area contributed by atoms with E-state index in [0.717, 1.165) is 5.56 Å². The van der Waals surface area contributed by atoms with E-state index in [0.29, 0.717) is 23.6 Å². The van der Waals surface area contributed by atoms with Crippen LogP contribution in [0.15, 0.2) is 42.5 Å². The first-order valence-corrected chi connectivity index (χ1v) is 13.3. The first-order chi connectivity index (χ1) is 17.7. The van der Waals surface area contributed by atoms with Crippen LogP contribution in [0.5, 0.6) is 5.75 Å². The first kappa shape index (κ1) is 31.0. The quantitative estimate of drug-likeness (QED) is 0.329. The molecule has 0 aliphatic heterocycles. The number of hydrogen-bond donors (Lipinski definition) is 3. The van der Waals surface area contributed by atoms with Crippen LogP contribution < -0.4 is 10.6 Å². The number of carbonyl (C=O) groups is 3. The second-order valence-electron chi connectivity index (χ2n) is 10.7. The lowest BCUT2D eigenvalue weighted by Gasteiger charge is -2.35. The number of para-hydroxylation sites is 2. The highest BCUT2D eigenvalue weighted by atomic mass is 35.5. The maximum Gasteiger partial charge on any atom is 0.408 e. The molecule has 9 heteroatoms. The zero-order chi connectivity index (χ0) is 28.6. The summed E-state index contributed by atoms with van der Waals surface area (Å²) < 4.78 is 5.40. The Balaban J connectivity index is 2.55. The molecule has 2 aromatic rings. The Hall–Kier alpha value is -3.26. The first-order valence-electron chi connectivity index (χ1n) is 12.9. The van der Waals surface area contributed by atoms with Crippen LogP contribution in [-0.2, 0) is 14.3 Å². The highest BCUT2D eigenvalue weighted by molar-refractivity contribution is 6.34. The summed E-state index contributed by atoms with van der Waals surface area (Å²) in [5.41, 5.74) is 0.689. The number of aromatic hydroxyl groups is 1. The molecule has 0 aliphatic rings. The van der Waals surface area contributed by atoms with E-state index in [-0.39, 0.29) is 23.8 Å². The lowest BCUT2D eigenvalue weighted by molar-refractivity contribution is -0.141. The van der Waals surface area contributed by atoms with E-state index >= 15 is 0 Å². The number of hydrogen-bond acceptors (Lipinski definition) is 5. The average molecular weight is 546 g/mol. The van der Waals surface area contributed by atoms with Crippen molar-refractivity contribution >= 4 is 35.2 Å². The van der Waals surface area contributed by atoms with Crippen molar-refractivity contribution in [2.24, 2.45) is 5.92 Å². The molecule has 2 atom stereocenters. The van der Waals surface area contributed by atoms with Gasteiger partial charge in [0.05, 0.1) is 10.7 Å². The van der Waals surface area contributed by atoms with Crippen molar-refractivity contribution in [1.29, 1.82) is 0 Å². The number of aryl methyl sites for hydroxylation is 1. The van der Waals surface area contributed by atoms with Gasteiger partial charge in [-0.2, -0.15) is 0 Å². The predicted molar refractivity (Wildman–Crippen MR) is 150 cm³/mol. The smallest absolute Gasteiger partial charge is 0.408 e. The molecule has 0 bridgehead atoms. The van der Waals surface area contributed by atoms with Gasteiger partial charge in [-0.1, -0.05) is 62.7 Å². The molecular weight excluding hydrogens is 506 g/mol. The van der Waals surface area contributed by atoms with Crippen molar-refractivity contribution in [3.8, 4) is 5.75 Å². The summed E-state index contributed by atoms with van der Waals surface area (Å²) >= 11 is 6.37. The Morgan fingerprint density at radius 3 is 2.29 bits per heavy atom. The Bertz CT molecular complexity index is 1110. The van der Waals surface area contributed by atoms with Gasteiger partial charge in [0, 0.05) is 12.1 Å². The highest BCUT2D eigenvalue weighted by Gasteiger charge is 2.37. The molecular formula is C29H40ClN3O5. The van der Waals surface area contributed by atoms with Gasteiger partial charge < -0.3 is 25.4 Å². The number of carbonyl (C=O) groups excluding carboxylic acids is 3. The fraction of sp³-hybridized carbons (Fsp3) is 0.483. The van der Waals surface area contributed by atoms with E-state index in [9.17, 15) is 19.5 Å². The average Bonchev–Trinajstić information content (AvgIpc) is 2.80.